The summed E-state index contributed by atoms with van der Waals surface area (Å²) in [6, 6.07) is 13.0. The lowest BCUT2D eigenvalue weighted by Gasteiger charge is -2.19. The molecule has 3 aromatic rings. The number of hydrogen-bond acceptors (Lipinski definition) is 5. The van der Waals surface area contributed by atoms with Gasteiger partial charge in [0.25, 0.3) is 0 Å². The summed E-state index contributed by atoms with van der Waals surface area (Å²) in [5, 5.41) is 4.01. The molecule has 1 aliphatic heterocycles. The quantitative estimate of drug-likeness (QED) is 0.539. The van der Waals surface area contributed by atoms with Crippen molar-refractivity contribution in [2.75, 3.05) is 13.7 Å². The van der Waals surface area contributed by atoms with E-state index in [0.717, 1.165) is 17.4 Å². The number of hydrogen-bond donors (Lipinski definition) is 0. The van der Waals surface area contributed by atoms with Gasteiger partial charge in [-0.1, -0.05) is 35.5 Å². The van der Waals surface area contributed by atoms with Gasteiger partial charge < -0.3 is 14.2 Å². The van der Waals surface area contributed by atoms with Crippen LogP contribution in [-0.2, 0) is 30.4 Å². The highest BCUT2D eigenvalue weighted by molar-refractivity contribution is 5.79. The number of likely N-dealkylation sites (tertiary alicyclic amines) is 1. The SMILES string of the molecule is COc1ccc(CCc2nc(C3CC(=O)N(Cc4ccccc4C(F)(F)F)C3)no2)cc1. The van der Waals surface area contributed by atoms with Crippen molar-refractivity contribution in [3.8, 4) is 5.75 Å². The fourth-order valence-electron chi connectivity index (χ4n) is 3.82. The van der Waals surface area contributed by atoms with Crippen LogP contribution in [0.3, 0.4) is 0 Å². The zero-order chi connectivity index (χ0) is 22.7. The number of rotatable bonds is 7. The lowest BCUT2D eigenvalue weighted by molar-refractivity contribution is -0.139. The van der Waals surface area contributed by atoms with E-state index in [1.54, 1.807) is 7.11 Å². The molecule has 0 radical (unpaired) electrons. The number of carbonyl (C=O) groups excluding carboxylic acids is 1. The highest BCUT2D eigenvalue weighted by atomic mass is 19.4. The standard InChI is InChI=1S/C23H22F3N3O3/c1-31-18-9-6-15(7-10-18)8-11-20-27-22(28-32-20)17-12-21(30)29(14-17)13-16-4-2-3-5-19(16)23(24,25)26/h2-7,9-10,17H,8,11-14H2,1H3. The molecule has 0 saturated carbocycles. The van der Waals surface area contributed by atoms with E-state index in [4.69, 9.17) is 9.26 Å². The molecule has 9 heteroatoms. The molecule has 0 spiro atoms. The van der Waals surface area contributed by atoms with E-state index < -0.39 is 11.7 Å². The Morgan fingerprint density at radius 2 is 1.88 bits per heavy atom. The van der Waals surface area contributed by atoms with Gasteiger partial charge in [0.2, 0.25) is 11.8 Å². The first kappa shape index (κ1) is 21.9. The van der Waals surface area contributed by atoms with E-state index in [1.165, 1.54) is 23.1 Å². The maximum Gasteiger partial charge on any atom is 0.416 e. The van der Waals surface area contributed by atoms with Crippen molar-refractivity contribution < 1.29 is 27.2 Å². The van der Waals surface area contributed by atoms with Crippen molar-refractivity contribution in [1.29, 1.82) is 0 Å². The second kappa shape index (κ2) is 9.02. The van der Waals surface area contributed by atoms with Gasteiger partial charge in [-0.3, -0.25) is 4.79 Å². The Labute approximate surface area is 183 Å². The fraction of sp³-hybridized carbons (Fsp3) is 0.348. The molecule has 1 atom stereocenters. The van der Waals surface area contributed by atoms with Crippen molar-refractivity contribution in [3.63, 3.8) is 0 Å². The van der Waals surface area contributed by atoms with Gasteiger partial charge in [0, 0.05) is 31.8 Å². The van der Waals surface area contributed by atoms with Crippen molar-refractivity contribution in [2.24, 2.45) is 0 Å². The van der Waals surface area contributed by atoms with Crippen LogP contribution in [0.2, 0.25) is 0 Å². The zero-order valence-electron chi connectivity index (χ0n) is 17.4. The zero-order valence-corrected chi connectivity index (χ0v) is 17.4. The second-order valence-corrected chi connectivity index (χ2v) is 7.72. The highest BCUT2D eigenvalue weighted by Crippen LogP contribution is 2.34. The van der Waals surface area contributed by atoms with Crippen molar-refractivity contribution in [1.82, 2.24) is 15.0 Å². The van der Waals surface area contributed by atoms with Crippen LogP contribution in [0.4, 0.5) is 13.2 Å². The van der Waals surface area contributed by atoms with Crippen molar-refractivity contribution >= 4 is 5.91 Å². The van der Waals surface area contributed by atoms with E-state index in [-0.39, 0.29) is 36.9 Å². The third-order valence-electron chi connectivity index (χ3n) is 5.53. The number of carbonyl (C=O) groups is 1. The first-order valence-corrected chi connectivity index (χ1v) is 10.2. The van der Waals surface area contributed by atoms with Gasteiger partial charge in [-0.15, -0.1) is 0 Å². The lowest BCUT2D eigenvalue weighted by atomic mass is 10.1. The average Bonchev–Trinajstić information content (AvgIpc) is 3.39. The molecule has 0 N–H and O–H groups in total. The Morgan fingerprint density at radius 1 is 1.12 bits per heavy atom. The molecule has 1 aromatic heterocycles. The molecule has 0 bridgehead atoms. The fourth-order valence-corrected chi connectivity index (χ4v) is 3.82. The van der Waals surface area contributed by atoms with Crippen molar-refractivity contribution in [3.05, 3.63) is 76.9 Å². The van der Waals surface area contributed by atoms with E-state index in [1.807, 2.05) is 24.3 Å². The molecule has 1 unspecified atom stereocenters. The summed E-state index contributed by atoms with van der Waals surface area (Å²) in [6.07, 6.45) is -3.07. The summed E-state index contributed by atoms with van der Waals surface area (Å²) >= 11 is 0. The molecular weight excluding hydrogens is 423 g/mol. The highest BCUT2D eigenvalue weighted by Gasteiger charge is 2.37. The van der Waals surface area contributed by atoms with Crippen LogP contribution in [0.1, 0.15) is 40.7 Å². The van der Waals surface area contributed by atoms with E-state index in [0.29, 0.717) is 24.6 Å². The smallest absolute Gasteiger partial charge is 0.416 e. The molecule has 1 amide bonds. The minimum atomic E-state index is -4.47. The number of aryl methyl sites for hydroxylation is 2. The second-order valence-electron chi connectivity index (χ2n) is 7.72. The minimum absolute atomic E-state index is 0.0716. The number of alkyl halides is 3. The number of benzene rings is 2. The molecule has 2 aromatic carbocycles. The molecule has 1 saturated heterocycles. The van der Waals surface area contributed by atoms with Crippen LogP contribution in [0.15, 0.2) is 53.1 Å². The molecule has 1 fully saturated rings. The molecule has 168 valence electrons. The van der Waals surface area contributed by atoms with E-state index >= 15 is 0 Å². The number of methoxy groups -OCH3 is 1. The number of aromatic nitrogens is 2. The van der Waals surface area contributed by atoms with Gasteiger partial charge in [-0.05, 0) is 35.7 Å². The Kier molecular flexibility index (Phi) is 6.16. The van der Waals surface area contributed by atoms with Gasteiger partial charge >= 0.3 is 6.18 Å². The average molecular weight is 445 g/mol. The number of amides is 1. The number of ether oxygens (including phenoxy) is 1. The molecule has 32 heavy (non-hydrogen) atoms. The maximum atomic E-state index is 13.3. The van der Waals surface area contributed by atoms with Gasteiger partial charge in [-0.2, -0.15) is 18.2 Å². The van der Waals surface area contributed by atoms with Crippen LogP contribution in [0, 0.1) is 0 Å². The summed E-state index contributed by atoms with van der Waals surface area (Å²) in [5.74, 6) is 1.12. The van der Waals surface area contributed by atoms with Gasteiger partial charge in [-0.25, -0.2) is 0 Å². The normalized spacial score (nSPS) is 16.6. The third-order valence-corrected chi connectivity index (χ3v) is 5.53. The Hall–Kier alpha value is -3.36. The summed E-state index contributed by atoms with van der Waals surface area (Å²) in [7, 11) is 1.61. The van der Waals surface area contributed by atoms with Gasteiger partial charge in [0.1, 0.15) is 5.75 Å². The molecule has 4 rings (SSSR count). The predicted molar refractivity (Wildman–Crippen MR) is 109 cm³/mol. The maximum absolute atomic E-state index is 13.3. The Balaban J connectivity index is 1.38. The van der Waals surface area contributed by atoms with Crippen LogP contribution in [0.5, 0.6) is 5.75 Å². The molecular formula is C23H22F3N3O3. The largest absolute Gasteiger partial charge is 0.497 e. The Morgan fingerprint density at radius 3 is 2.59 bits per heavy atom. The van der Waals surface area contributed by atoms with Crippen molar-refractivity contribution in [2.45, 2.75) is 37.9 Å². The third kappa shape index (κ3) is 4.92. The summed E-state index contributed by atoms with van der Waals surface area (Å²) < 4.78 is 50.2. The number of nitrogens with zero attached hydrogens (tertiary/aromatic N) is 3. The summed E-state index contributed by atoms with van der Waals surface area (Å²) in [5.41, 5.74) is 0.440. The minimum Gasteiger partial charge on any atom is -0.497 e. The number of halogens is 3. The first-order valence-electron chi connectivity index (χ1n) is 10.2. The monoisotopic (exact) mass is 445 g/mol. The Bertz CT molecular complexity index is 1080. The molecule has 2 heterocycles. The molecule has 0 aliphatic carbocycles. The first-order chi connectivity index (χ1) is 15.3. The lowest BCUT2D eigenvalue weighted by Crippen LogP contribution is -2.26. The van der Waals surface area contributed by atoms with E-state index in [2.05, 4.69) is 10.1 Å². The van der Waals surface area contributed by atoms with Gasteiger partial charge in [0.05, 0.1) is 12.7 Å². The van der Waals surface area contributed by atoms with E-state index in [9.17, 15) is 18.0 Å². The molecule has 1 aliphatic rings. The predicted octanol–water partition coefficient (Wildman–Crippen LogP) is 4.40. The van der Waals surface area contributed by atoms with Crippen LogP contribution < -0.4 is 4.74 Å². The van der Waals surface area contributed by atoms with Gasteiger partial charge in [0.15, 0.2) is 5.82 Å². The van der Waals surface area contributed by atoms with Crippen LogP contribution in [-0.4, -0.2) is 34.6 Å². The topological polar surface area (TPSA) is 68.5 Å². The van der Waals surface area contributed by atoms with Crippen LogP contribution in [0.25, 0.3) is 0 Å². The summed E-state index contributed by atoms with van der Waals surface area (Å²) in [4.78, 5) is 18.3. The molecule has 6 nitrogen and oxygen atoms in total. The summed E-state index contributed by atoms with van der Waals surface area (Å²) in [6.45, 7) is 0.148. The van der Waals surface area contributed by atoms with Crippen LogP contribution >= 0.6 is 0 Å².